The summed E-state index contributed by atoms with van der Waals surface area (Å²) in [7, 11) is 0. The van der Waals surface area contributed by atoms with Gasteiger partial charge in [0.15, 0.2) is 0 Å². The van der Waals surface area contributed by atoms with Crippen LogP contribution in [0.5, 0.6) is 0 Å². The zero-order valence-electron chi connectivity index (χ0n) is 7.88. The predicted molar refractivity (Wildman–Crippen MR) is 52.6 cm³/mol. The highest BCUT2D eigenvalue weighted by Gasteiger charge is 2.25. The van der Waals surface area contributed by atoms with Crippen LogP contribution in [0.4, 0.5) is 0 Å². The van der Waals surface area contributed by atoms with Crippen LogP contribution in [0.2, 0.25) is 0 Å². The SMILES string of the molecule is CC1(CN)C=CC(C)(CN)C=C1. The number of hydrogen-bond donors (Lipinski definition) is 2. The van der Waals surface area contributed by atoms with Gasteiger partial charge in [0.25, 0.3) is 0 Å². The Morgan fingerprint density at radius 2 is 1.08 bits per heavy atom. The van der Waals surface area contributed by atoms with Crippen LogP contribution in [0, 0.1) is 10.8 Å². The average Bonchev–Trinajstić information content (AvgIpc) is 2.11. The van der Waals surface area contributed by atoms with Crippen molar-refractivity contribution < 1.29 is 0 Å². The highest BCUT2D eigenvalue weighted by atomic mass is 14.6. The van der Waals surface area contributed by atoms with Gasteiger partial charge in [-0.2, -0.15) is 0 Å². The Morgan fingerprint density at radius 3 is 1.25 bits per heavy atom. The lowest BCUT2D eigenvalue weighted by Crippen LogP contribution is -2.30. The molecule has 1 aliphatic rings. The third-order valence-electron chi connectivity index (χ3n) is 2.57. The second-order valence-electron chi connectivity index (χ2n) is 4.09. The normalized spacial score (nSPS) is 40.3. The van der Waals surface area contributed by atoms with E-state index < -0.39 is 0 Å². The molecule has 1 rings (SSSR count). The molecule has 1 aliphatic carbocycles. The van der Waals surface area contributed by atoms with Crippen molar-refractivity contribution in [2.75, 3.05) is 13.1 Å². The van der Waals surface area contributed by atoms with E-state index >= 15 is 0 Å². The molecular formula is C10H18N2. The Balaban J connectivity index is 2.79. The maximum Gasteiger partial charge on any atom is 0.0156 e. The minimum absolute atomic E-state index is 0.0364. The largest absolute Gasteiger partial charge is 0.329 e. The molecule has 0 amide bonds. The quantitative estimate of drug-likeness (QED) is 0.602. The highest BCUT2D eigenvalue weighted by molar-refractivity contribution is 5.24. The molecule has 0 aromatic rings. The summed E-state index contributed by atoms with van der Waals surface area (Å²) in [6.07, 6.45) is 8.61. The van der Waals surface area contributed by atoms with Gasteiger partial charge in [-0.1, -0.05) is 38.2 Å². The van der Waals surface area contributed by atoms with E-state index in [1.807, 2.05) is 0 Å². The van der Waals surface area contributed by atoms with Crippen molar-refractivity contribution >= 4 is 0 Å². The molecule has 0 aromatic heterocycles. The standard InChI is InChI=1S/C10H18N2/c1-9(7-11)3-5-10(2,8-12)6-4-9/h3-6H,7-8,11-12H2,1-2H3. The molecule has 0 fully saturated rings. The van der Waals surface area contributed by atoms with Crippen molar-refractivity contribution in [2.24, 2.45) is 22.3 Å². The number of hydrogen-bond acceptors (Lipinski definition) is 2. The topological polar surface area (TPSA) is 52.0 Å². The predicted octanol–water partition coefficient (Wildman–Crippen LogP) is 1.04. The lowest BCUT2D eigenvalue weighted by atomic mass is 9.77. The van der Waals surface area contributed by atoms with Crippen LogP contribution in [0.15, 0.2) is 24.3 Å². The minimum atomic E-state index is 0.0364. The maximum atomic E-state index is 5.63. The third-order valence-corrected chi connectivity index (χ3v) is 2.57. The van der Waals surface area contributed by atoms with E-state index in [1.54, 1.807) is 0 Å². The fourth-order valence-electron chi connectivity index (χ4n) is 1.14. The summed E-state index contributed by atoms with van der Waals surface area (Å²) in [5, 5.41) is 0. The van der Waals surface area contributed by atoms with E-state index in [1.165, 1.54) is 0 Å². The number of rotatable bonds is 2. The molecule has 0 radical (unpaired) electrons. The van der Waals surface area contributed by atoms with Crippen molar-refractivity contribution in [2.45, 2.75) is 13.8 Å². The van der Waals surface area contributed by atoms with Gasteiger partial charge in [-0.05, 0) is 0 Å². The summed E-state index contributed by atoms with van der Waals surface area (Å²) in [6.45, 7) is 5.55. The van der Waals surface area contributed by atoms with Crippen LogP contribution in [0.25, 0.3) is 0 Å². The molecule has 0 atom stereocenters. The molecule has 0 aromatic carbocycles. The van der Waals surface area contributed by atoms with Crippen LogP contribution in [-0.2, 0) is 0 Å². The summed E-state index contributed by atoms with van der Waals surface area (Å²) < 4.78 is 0. The first-order valence-electron chi connectivity index (χ1n) is 4.34. The Hall–Kier alpha value is -0.600. The lowest BCUT2D eigenvalue weighted by Gasteiger charge is -2.30. The molecule has 0 heterocycles. The Bertz CT molecular complexity index is 180. The van der Waals surface area contributed by atoms with Gasteiger partial charge < -0.3 is 11.5 Å². The van der Waals surface area contributed by atoms with E-state index in [0.29, 0.717) is 13.1 Å². The van der Waals surface area contributed by atoms with Crippen LogP contribution in [0.3, 0.4) is 0 Å². The van der Waals surface area contributed by atoms with E-state index in [-0.39, 0.29) is 10.8 Å². The molecule has 2 nitrogen and oxygen atoms in total. The smallest absolute Gasteiger partial charge is 0.0156 e. The second-order valence-corrected chi connectivity index (χ2v) is 4.09. The van der Waals surface area contributed by atoms with Gasteiger partial charge >= 0.3 is 0 Å². The average molecular weight is 166 g/mol. The van der Waals surface area contributed by atoms with E-state index in [4.69, 9.17) is 11.5 Å². The molecule has 4 N–H and O–H groups in total. The van der Waals surface area contributed by atoms with Crippen molar-refractivity contribution in [3.63, 3.8) is 0 Å². The van der Waals surface area contributed by atoms with Crippen molar-refractivity contribution in [3.05, 3.63) is 24.3 Å². The van der Waals surface area contributed by atoms with E-state index in [0.717, 1.165) is 0 Å². The Kier molecular flexibility index (Phi) is 2.40. The van der Waals surface area contributed by atoms with Crippen molar-refractivity contribution in [1.29, 1.82) is 0 Å². The molecule has 0 unspecified atom stereocenters. The molecule has 0 saturated heterocycles. The van der Waals surface area contributed by atoms with E-state index in [9.17, 15) is 0 Å². The molecule has 0 bridgehead atoms. The first-order chi connectivity index (χ1) is 5.54. The van der Waals surface area contributed by atoms with Crippen LogP contribution in [0.1, 0.15) is 13.8 Å². The number of nitrogens with two attached hydrogens (primary N) is 2. The maximum absolute atomic E-state index is 5.63. The van der Waals surface area contributed by atoms with Crippen LogP contribution < -0.4 is 11.5 Å². The van der Waals surface area contributed by atoms with Gasteiger partial charge in [0.2, 0.25) is 0 Å². The zero-order valence-corrected chi connectivity index (χ0v) is 7.88. The van der Waals surface area contributed by atoms with Gasteiger partial charge in [0, 0.05) is 23.9 Å². The molecule has 68 valence electrons. The summed E-state index contributed by atoms with van der Waals surface area (Å²) in [4.78, 5) is 0. The summed E-state index contributed by atoms with van der Waals surface area (Å²) in [5.74, 6) is 0. The highest BCUT2D eigenvalue weighted by Crippen LogP contribution is 2.31. The lowest BCUT2D eigenvalue weighted by molar-refractivity contribution is 0.488. The molecule has 0 spiro atoms. The van der Waals surface area contributed by atoms with Crippen LogP contribution >= 0.6 is 0 Å². The Labute approximate surface area is 74.3 Å². The van der Waals surface area contributed by atoms with Gasteiger partial charge in [-0.15, -0.1) is 0 Å². The van der Waals surface area contributed by atoms with Gasteiger partial charge in [0.1, 0.15) is 0 Å². The van der Waals surface area contributed by atoms with Crippen molar-refractivity contribution in [1.82, 2.24) is 0 Å². The van der Waals surface area contributed by atoms with Crippen molar-refractivity contribution in [3.8, 4) is 0 Å². The Morgan fingerprint density at radius 1 is 0.833 bits per heavy atom. The molecule has 0 aliphatic heterocycles. The van der Waals surface area contributed by atoms with Gasteiger partial charge in [-0.3, -0.25) is 0 Å². The first-order valence-corrected chi connectivity index (χ1v) is 4.34. The molecule has 2 heteroatoms. The second kappa shape index (κ2) is 3.04. The molecular weight excluding hydrogens is 148 g/mol. The minimum Gasteiger partial charge on any atom is -0.329 e. The monoisotopic (exact) mass is 166 g/mol. The first kappa shape index (κ1) is 9.49. The molecule has 0 saturated carbocycles. The van der Waals surface area contributed by atoms with Crippen LogP contribution in [-0.4, -0.2) is 13.1 Å². The zero-order chi connectivity index (χ0) is 9.24. The fourth-order valence-corrected chi connectivity index (χ4v) is 1.14. The fraction of sp³-hybridized carbons (Fsp3) is 0.600. The molecule has 12 heavy (non-hydrogen) atoms. The van der Waals surface area contributed by atoms with Gasteiger partial charge in [-0.25, -0.2) is 0 Å². The summed E-state index contributed by atoms with van der Waals surface area (Å²) in [6, 6.07) is 0. The van der Waals surface area contributed by atoms with E-state index in [2.05, 4.69) is 38.2 Å². The summed E-state index contributed by atoms with van der Waals surface area (Å²) in [5.41, 5.74) is 11.3. The third kappa shape index (κ3) is 1.76. The van der Waals surface area contributed by atoms with Gasteiger partial charge in [0.05, 0.1) is 0 Å². The summed E-state index contributed by atoms with van der Waals surface area (Å²) >= 11 is 0.